The molecule has 1 aromatic carbocycles. The summed E-state index contributed by atoms with van der Waals surface area (Å²) in [5.41, 5.74) is 1.26. The van der Waals surface area contributed by atoms with Crippen LogP contribution in [0.1, 0.15) is 53.8 Å². The second kappa shape index (κ2) is 11.1. The van der Waals surface area contributed by atoms with Crippen molar-refractivity contribution in [3.63, 3.8) is 0 Å². The summed E-state index contributed by atoms with van der Waals surface area (Å²) in [5.74, 6) is -0.0942. The first-order valence-electron chi connectivity index (χ1n) is 15.5. The van der Waals surface area contributed by atoms with Crippen LogP contribution in [0.25, 0.3) is 6.08 Å². The number of nitrogens with zero attached hydrogens (tertiary/aromatic N) is 1. The molecule has 0 bridgehead atoms. The van der Waals surface area contributed by atoms with Crippen molar-refractivity contribution in [2.24, 2.45) is 5.92 Å². The van der Waals surface area contributed by atoms with Crippen molar-refractivity contribution >= 4 is 12.0 Å². The Morgan fingerprint density at radius 2 is 2.03 bits per heavy atom. The van der Waals surface area contributed by atoms with E-state index in [1.165, 1.54) is 11.6 Å². The van der Waals surface area contributed by atoms with Gasteiger partial charge in [-0.1, -0.05) is 23.8 Å². The highest BCUT2D eigenvalue weighted by Crippen LogP contribution is 2.59. The Morgan fingerprint density at radius 3 is 2.67 bits per heavy atom. The van der Waals surface area contributed by atoms with E-state index in [2.05, 4.69) is 26.8 Å². The molecule has 7 nitrogen and oxygen atoms in total. The second-order valence-corrected chi connectivity index (χ2v) is 10.3. The number of carbonyl (C=O) groups excluding carboxylic acids is 1. The lowest BCUT2D eigenvalue weighted by molar-refractivity contribution is -0.166. The van der Waals surface area contributed by atoms with E-state index in [0.29, 0.717) is 23.7 Å². The average molecular weight is 506 g/mol. The van der Waals surface area contributed by atoms with Crippen LogP contribution in [-0.4, -0.2) is 81.2 Å². The zero-order chi connectivity index (χ0) is 30.9. The zero-order valence-electron chi connectivity index (χ0n) is 27.5. The molecule has 0 unspecified atom stereocenters. The van der Waals surface area contributed by atoms with Crippen LogP contribution in [0.2, 0.25) is 0 Å². The number of likely N-dealkylation sites (N-methyl/N-ethyl adjacent to an activating group) is 1. The van der Waals surface area contributed by atoms with Gasteiger partial charge >= 0.3 is 5.97 Å². The largest absolute Gasteiger partial charge is 0.492 e. The number of hydrogen-bond donors (Lipinski definition) is 0. The van der Waals surface area contributed by atoms with E-state index in [0.717, 1.165) is 18.4 Å². The molecule has 3 fully saturated rings. The number of epoxide rings is 2. The number of benzene rings is 1. The number of ether oxygens (including phenoxy) is 5. The molecule has 1 saturated carbocycles. The van der Waals surface area contributed by atoms with Gasteiger partial charge in [-0.05, 0) is 77.8 Å². The Bertz CT molecular complexity index is 1140. The fourth-order valence-electron chi connectivity index (χ4n) is 5.35. The summed E-state index contributed by atoms with van der Waals surface area (Å²) >= 11 is 0. The number of allylic oxidation sites excluding steroid dienone is 1. The molecule has 7 heteroatoms. The summed E-state index contributed by atoms with van der Waals surface area (Å²) in [6.07, 6.45) is 6.68. The van der Waals surface area contributed by atoms with Crippen molar-refractivity contribution in [3.05, 3.63) is 47.6 Å². The molecular weight excluding hydrogens is 458 g/mol. The van der Waals surface area contributed by atoms with E-state index >= 15 is 0 Å². The third-order valence-corrected chi connectivity index (χ3v) is 7.38. The molecule has 2 aliphatic heterocycles. The van der Waals surface area contributed by atoms with Crippen LogP contribution in [0.15, 0.2) is 42.0 Å². The molecule has 1 aliphatic carbocycles. The molecule has 6 atom stereocenters. The lowest BCUT2D eigenvalue weighted by Gasteiger charge is -2.42. The van der Waals surface area contributed by atoms with Crippen molar-refractivity contribution in [1.82, 2.24) is 4.90 Å². The predicted molar refractivity (Wildman–Crippen MR) is 139 cm³/mol. The van der Waals surface area contributed by atoms with Crippen LogP contribution in [0, 0.1) is 5.92 Å². The van der Waals surface area contributed by atoms with Crippen LogP contribution >= 0.6 is 0 Å². The fourth-order valence-corrected chi connectivity index (χ4v) is 5.35. The van der Waals surface area contributed by atoms with Crippen LogP contribution in [0.3, 0.4) is 0 Å². The van der Waals surface area contributed by atoms with Crippen molar-refractivity contribution in [2.75, 3.05) is 40.8 Å². The van der Waals surface area contributed by atoms with Gasteiger partial charge in [-0.25, -0.2) is 4.79 Å². The average Bonchev–Trinajstić information content (AvgIpc) is 3.81. The Hall–Kier alpha value is -2.19. The summed E-state index contributed by atoms with van der Waals surface area (Å²) in [6, 6.07) is 6.77. The molecular formula is C29H41NO6. The molecule has 0 aromatic heterocycles. The van der Waals surface area contributed by atoms with Crippen LogP contribution in [0.4, 0.5) is 0 Å². The van der Waals surface area contributed by atoms with Crippen molar-refractivity contribution < 1.29 is 36.7 Å². The van der Waals surface area contributed by atoms with Gasteiger partial charge in [0.15, 0.2) is 0 Å². The lowest BCUT2D eigenvalue weighted by Crippen LogP contribution is -2.55. The first-order valence-corrected chi connectivity index (χ1v) is 12.5. The third kappa shape index (κ3) is 6.20. The van der Waals surface area contributed by atoms with Gasteiger partial charge in [0.1, 0.15) is 35.8 Å². The molecule has 2 saturated heterocycles. The van der Waals surface area contributed by atoms with E-state index in [9.17, 15) is 4.79 Å². The van der Waals surface area contributed by atoms with Gasteiger partial charge in [-0.3, -0.25) is 0 Å². The molecule has 36 heavy (non-hydrogen) atoms. The van der Waals surface area contributed by atoms with Crippen molar-refractivity contribution in [2.45, 2.75) is 69.5 Å². The quantitative estimate of drug-likeness (QED) is 0.193. The van der Waals surface area contributed by atoms with E-state index < -0.39 is 31.6 Å². The minimum absolute atomic E-state index is 0.0553. The van der Waals surface area contributed by atoms with E-state index in [4.69, 9.17) is 31.9 Å². The fraction of sp³-hybridized carbons (Fsp3) is 0.621. The monoisotopic (exact) mass is 505 g/mol. The number of esters is 1. The number of rotatable bonds is 11. The van der Waals surface area contributed by atoms with Gasteiger partial charge in [0.2, 0.25) is 0 Å². The standard InChI is InChI=1S/C29H41NO6/c1-20(2)7-13-24-28(3,36-24)27-26(32-6)23(15-16-29(27)19-34-29)35-25(31)14-10-21-8-11-22(12-9-21)33-18-17-30(4)5/h7-12,14,23-24,26-27H,13,15-19H2,1-6H3/b14-10+/t23-,24-,26-,27-,28+,29+/m1/s1/i4D3,5D3. The minimum Gasteiger partial charge on any atom is -0.492 e. The Kier molecular flexibility index (Phi) is 6.10. The smallest absolute Gasteiger partial charge is 0.331 e. The van der Waals surface area contributed by atoms with Gasteiger partial charge in [0.25, 0.3) is 0 Å². The SMILES string of the molecule is [2H]C([2H])([2H])N(CCOc1ccc(/C=C/C(=O)O[C@@H]2CC[C@]3(CO3)[C@@H]([C@@]3(C)O[C@@H]3CC=C(C)C)[C@@H]2OC)cc1)C([2H])([2H])[2H]. The first kappa shape index (κ1) is 19.9. The summed E-state index contributed by atoms with van der Waals surface area (Å²) < 4.78 is 74.0. The zero-order valence-corrected chi connectivity index (χ0v) is 21.5. The van der Waals surface area contributed by atoms with Crippen molar-refractivity contribution in [1.29, 1.82) is 0 Å². The number of hydrogen-bond acceptors (Lipinski definition) is 7. The molecule has 0 radical (unpaired) electrons. The van der Waals surface area contributed by atoms with E-state index in [1.54, 1.807) is 37.5 Å². The molecule has 0 amide bonds. The maximum absolute atomic E-state index is 12.8. The van der Waals surface area contributed by atoms with Crippen LogP contribution in [0.5, 0.6) is 5.75 Å². The normalized spacial score (nSPS) is 36.2. The van der Waals surface area contributed by atoms with Gasteiger partial charge in [0.05, 0.1) is 18.6 Å². The summed E-state index contributed by atoms with van der Waals surface area (Å²) in [6.45, 7) is 0.965. The maximum atomic E-state index is 12.8. The predicted octanol–water partition coefficient (Wildman–Crippen LogP) is 4.26. The van der Waals surface area contributed by atoms with E-state index in [1.807, 2.05) is 0 Å². The Balaban J connectivity index is 1.32. The first-order chi connectivity index (χ1) is 19.6. The molecule has 198 valence electrons. The lowest BCUT2D eigenvalue weighted by atomic mass is 9.68. The molecule has 3 aliphatic rings. The maximum Gasteiger partial charge on any atom is 0.331 e. The number of methoxy groups -OCH3 is 1. The molecule has 0 N–H and O–H groups in total. The highest BCUT2D eigenvalue weighted by atomic mass is 16.6. The van der Waals surface area contributed by atoms with Gasteiger partial charge in [-0.2, -0.15) is 0 Å². The number of carbonyl (C=O) groups is 1. The highest BCUT2D eigenvalue weighted by Gasteiger charge is 2.72. The minimum atomic E-state index is -2.76. The Labute approximate surface area is 223 Å². The molecule has 2 heterocycles. The van der Waals surface area contributed by atoms with Crippen molar-refractivity contribution in [3.8, 4) is 5.75 Å². The molecule has 1 spiro atoms. The third-order valence-electron chi connectivity index (χ3n) is 7.38. The van der Waals surface area contributed by atoms with Gasteiger partial charge in [0, 0.05) is 28.0 Å². The van der Waals surface area contributed by atoms with Gasteiger partial charge < -0.3 is 28.6 Å². The Morgan fingerprint density at radius 1 is 1.28 bits per heavy atom. The van der Waals surface area contributed by atoms with Gasteiger partial charge in [-0.15, -0.1) is 0 Å². The topological polar surface area (TPSA) is 73.1 Å². The summed E-state index contributed by atoms with van der Waals surface area (Å²) in [7, 11) is 1.64. The molecule has 1 aromatic rings. The van der Waals surface area contributed by atoms with E-state index in [-0.39, 0.29) is 36.9 Å². The summed E-state index contributed by atoms with van der Waals surface area (Å²) in [4.78, 5) is 13.3. The molecule has 4 rings (SSSR count). The van der Waals surface area contributed by atoms with Crippen LogP contribution in [-0.2, 0) is 23.7 Å². The summed E-state index contributed by atoms with van der Waals surface area (Å²) in [5, 5.41) is 0. The van der Waals surface area contributed by atoms with Crippen LogP contribution < -0.4 is 4.74 Å². The second-order valence-electron chi connectivity index (χ2n) is 10.3. The highest BCUT2D eigenvalue weighted by molar-refractivity contribution is 5.87.